The molecule has 0 aliphatic heterocycles. The average molecular weight is 270 g/mol. The summed E-state index contributed by atoms with van der Waals surface area (Å²) in [4.78, 5) is 4.35. The highest BCUT2D eigenvalue weighted by Gasteiger charge is 2.04. The summed E-state index contributed by atoms with van der Waals surface area (Å²) in [5, 5.41) is 6.01. The monoisotopic (exact) mass is 269 g/mol. The first kappa shape index (κ1) is 11.8. The first-order valence-electron chi connectivity index (χ1n) is 5.90. The molecule has 4 heteroatoms. The van der Waals surface area contributed by atoms with Crippen LogP contribution in [0.3, 0.4) is 0 Å². The van der Waals surface area contributed by atoms with Crippen molar-refractivity contribution in [1.82, 2.24) is 4.98 Å². The molecule has 0 unspecified atom stereocenters. The van der Waals surface area contributed by atoms with E-state index in [0.29, 0.717) is 10.8 Å². The second-order valence-electron chi connectivity index (χ2n) is 4.25. The molecule has 0 spiro atoms. The summed E-state index contributed by atoms with van der Waals surface area (Å²) in [7, 11) is 0. The van der Waals surface area contributed by atoms with Gasteiger partial charge in [-0.25, -0.2) is 4.98 Å². The summed E-state index contributed by atoms with van der Waals surface area (Å²) in [5.74, 6) is 1.22. The fourth-order valence-corrected chi connectivity index (χ4v) is 2.21. The minimum absolute atomic E-state index is 0.489. The average Bonchev–Trinajstić information content (AvgIpc) is 2.38. The molecule has 0 amide bonds. The highest BCUT2D eigenvalue weighted by atomic mass is 35.5. The molecule has 0 saturated carbocycles. The number of pyridine rings is 1. The zero-order valence-electron chi connectivity index (χ0n) is 10.1. The quantitative estimate of drug-likeness (QED) is 0.732. The molecule has 1 aromatic heterocycles. The number of nitrogen functional groups attached to an aromatic ring is 1. The van der Waals surface area contributed by atoms with Crippen LogP contribution in [0.5, 0.6) is 0 Å². The highest BCUT2D eigenvalue weighted by Crippen LogP contribution is 2.27. The van der Waals surface area contributed by atoms with E-state index in [1.54, 1.807) is 0 Å². The summed E-state index contributed by atoms with van der Waals surface area (Å²) in [6.07, 6.45) is 0. The van der Waals surface area contributed by atoms with Crippen molar-refractivity contribution in [1.29, 1.82) is 0 Å². The van der Waals surface area contributed by atoms with Gasteiger partial charge in [0.15, 0.2) is 0 Å². The van der Waals surface area contributed by atoms with Crippen LogP contribution in [0.2, 0.25) is 5.02 Å². The SMILES string of the molecule is Nc1cc2ccccc2c(Nc2cccc(Cl)c2)n1. The zero-order chi connectivity index (χ0) is 13.2. The third kappa shape index (κ3) is 2.46. The van der Waals surface area contributed by atoms with Crippen LogP contribution in [0.25, 0.3) is 10.8 Å². The van der Waals surface area contributed by atoms with E-state index in [0.717, 1.165) is 22.3 Å². The Labute approximate surface area is 116 Å². The topological polar surface area (TPSA) is 50.9 Å². The number of hydrogen-bond donors (Lipinski definition) is 2. The molecule has 2 aromatic carbocycles. The van der Waals surface area contributed by atoms with Crippen LogP contribution >= 0.6 is 11.6 Å². The number of aromatic nitrogens is 1. The summed E-state index contributed by atoms with van der Waals surface area (Å²) in [5.41, 5.74) is 6.72. The second kappa shape index (κ2) is 4.78. The Bertz CT molecular complexity index is 740. The van der Waals surface area contributed by atoms with Crippen LogP contribution in [0.1, 0.15) is 0 Å². The van der Waals surface area contributed by atoms with Gasteiger partial charge < -0.3 is 11.1 Å². The molecular weight excluding hydrogens is 258 g/mol. The van der Waals surface area contributed by atoms with Crippen molar-refractivity contribution in [3.8, 4) is 0 Å². The smallest absolute Gasteiger partial charge is 0.140 e. The first-order chi connectivity index (χ1) is 9.22. The Kier molecular flexibility index (Phi) is 2.97. The third-order valence-corrected chi connectivity index (χ3v) is 3.08. The number of benzene rings is 2. The number of halogens is 1. The van der Waals surface area contributed by atoms with Gasteiger partial charge in [0.1, 0.15) is 11.6 Å². The molecule has 0 aliphatic rings. The van der Waals surface area contributed by atoms with Crippen molar-refractivity contribution >= 4 is 39.7 Å². The van der Waals surface area contributed by atoms with E-state index in [9.17, 15) is 0 Å². The van der Waals surface area contributed by atoms with E-state index in [2.05, 4.69) is 10.3 Å². The Morgan fingerprint density at radius 2 is 1.84 bits per heavy atom. The summed E-state index contributed by atoms with van der Waals surface area (Å²) in [6.45, 7) is 0. The van der Waals surface area contributed by atoms with Gasteiger partial charge in [0.2, 0.25) is 0 Å². The van der Waals surface area contributed by atoms with Gasteiger partial charge in [0.05, 0.1) is 0 Å². The normalized spacial score (nSPS) is 10.6. The van der Waals surface area contributed by atoms with Crippen molar-refractivity contribution in [2.75, 3.05) is 11.1 Å². The number of nitrogens with two attached hydrogens (primary N) is 1. The van der Waals surface area contributed by atoms with Gasteiger partial charge in [-0.2, -0.15) is 0 Å². The van der Waals surface area contributed by atoms with Gasteiger partial charge in [0, 0.05) is 16.1 Å². The number of fused-ring (bicyclic) bond motifs is 1. The molecule has 3 nitrogen and oxygen atoms in total. The molecule has 0 atom stereocenters. The third-order valence-electron chi connectivity index (χ3n) is 2.85. The molecule has 94 valence electrons. The Morgan fingerprint density at radius 1 is 1.00 bits per heavy atom. The van der Waals surface area contributed by atoms with Gasteiger partial charge in [-0.1, -0.05) is 41.9 Å². The van der Waals surface area contributed by atoms with Crippen LogP contribution < -0.4 is 11.1 Å². The van der Waals surface area contributed by atoms with E-state index >= 15 is 0 Å². The summed E-state index contributed by atoms with van der Waals surface area (Å²) < 4.78 is 0. The lowest BCUT2D eigenvalue weighted by Gasteiger charge is -2.10. The molecule has 0 bridgehead atoms. The maximum absolute atomic E-state index is 5.98. The van der Waals surface area contributed by atoms with Crippen LogP contribution in [-0.4, -0.2) is 4.98 Å². The summed E-state index contributed by atoms with van der Waals surface area (Å²) >= 11 is 5.98. The van der Waals surface area contributed by atoms with E-state index in [-0.39, 0.29) is 0 Å². The molecule has 3 aromatic rings. The predicted octanol–water partition coefficient (Wildman–Crippen LogP) is 4.21. The molecule has 1 heterocycles. The lowest BCUT2D eigenvalue weighted by molar-refractivity contribution is 1.34. The van der Waals surface area contributed by atoms with Crippen LogP contribution in [0.4, 0.5) is 17.3 Å². The largest absolute Gasteiger partial charge is 0.384 e. The molecular formula is C15H12ClN3. The van der Waals surface area contributed by atoms with Crippen molar-refractivity contribution < 1.29 is 0 Å². The molecule has 3 rings (SSSR count). The first-order valence-corrected chi connectivity index (χ1v) is 6.28. The van der Waals surface area contributed by atoms with Gasteiger partial charge in [0.25, 0.3) is 0 Å². The van der Waals surface area contributed by atoms with Crippen molar-refractivity contribution in [3.63, 3.8) is 0 Å². The van der Waals surface area contributed by atoms with Gasteiger partial charge in [-0.05, 0) is 29.7 Å². The number of rotatable bonds is 2. The van der Waals surface area contributed by atoms with Gasteiger partial charge in [-0.3, -0.25) is 0 Å². The van der Waals surface area contributed by atoms with Crippen molar-refractivity contribution in [3.05, 3.63) is 59.6 Å². The van der Waals surface area contributed by atoms with Crippen LogP contribution in [-0.2, 0) is 0 Å². The minimum Gasteiger partial charge on any atom is -0.384 e. The van der Waals surface area contributed by atoms with Crippen LogP contribution in [0.15, 0.2) is 54.6 Å². The zero-order valence-corrected chi connectivity index (χ0v) is 10.9. The number of nitrogens with one attached hydrogen (secondary N) is 1. The number of nitrogens with zero attached hydrogens (tertiary/aromatic N) is 1. The highest BCUT2D eigenvalue weighted by molar-refractivity contribution is 6.30. The van der Waals surface area contributed by atoms with Gasteiger partial charge >= 0.3 is 0 Å². The van der Waals surface area contributed by atoms with Crippen LogP contribution in [0, 0.1) is 0 Å². The predicted molar refractivity (Wildman–Crippen MR) is 80.9 cm³/mol. The maximum atomic E-state index is 5.98. The Balaban J connectivity index is 2.09. The fourth-order valence-electron chi connectivity index (χ4n) is 2.02. The molecule has 0 fully saturated rings. The van der Waals surface area contributed by atoms with E-state index in [4.69, 9.17) is 17.3 Å². The lowest BCUT2D eigenvalue weighted by Crippen LogP contribution is -1.98. The summed E-state index contributed by atoms with van der Waals surface area (Å²) in [6, 6.07) is 17.3. The van der Waals surface area contributed by atoms with E-state index in [1.807, 2.05) is 54.6 Å². The lowest BCUT2D eigenvalue weighted by atomic mass is 10.1. The fraction of sp³-hybridized carbons (Fsp3) is 0. The number of hydrogen-bond acceptors (Lipinski definition) is 3. The molecule has 0 radical (unpaired) electrons. The molecule has 19 heavy (non-hydrogen) atoms. The maximum Gasteiger partial charge on any atom is 0.140 e. The van der Waals surface area contributed by atoms with E-state index < -0.39 is 0 Å². The van der Waals surface area contributed by atoms with Crippen molar-refractivity contribution in [2.45, 2.75) is 0 Å². The Morgan fingerprint density at radius 3 is 2.68 bits per heavy atom. The minimum atomic E-state index is 0.489. The van der Waals surface area contributed by atoms with Crippen molar-refractivity contribution in [2.24, 2.45) is 0 Å². The Hall–Kier alpha value is -2.26. The molecule has 0 aliphatic carbocycles. The van der Waals surface area contributed by atoms with Gasteiger partial charge in [-0.15, -0.1) is 0 Å². The number of anilines is 3. The standard InChI is InChI=1S/C15H12ClN3/c16-11-5-3-6-12(9-11)18-15-13-7-2-1-4-10(13)8-14(17)19-15/h1-9H,(H3,17,18,19). The molecule has 0 saturated heterocycles. The molecule has 3 N–H and O–H groups in total. The van der Waals surface area contributed by atoms with E-state index in [1.165, 1.54) is 0 Å². The second-order valence-corrected chi connectivity index (χ2v) is 4.69.